The second-order valence-corrected chi connectivity index (χ2v) is 24.7. The molecule has 12 rings (SSSR count). The number of aromatic amines is 1. The van der Waals surface area contributed by atoms with Crippen molar-refractivity contribution in [2.45, 2.75) is 185 Å². The zero-order valence-corrected chi connectivity index (χ0v) is 66.7. The molecule has 12 aromatic rings. The third kappa shape index (κ3) is 31.1. The van der Waals surface area contributed by atoms with Crippen LogP contribution in [0, 0.1) is 152 Å². The van der Waals surface area contributed by atoms with Crippen molar-refractivity contribution < 1.29 is 36.0 Å². The molecule has 0 amide bonds. The van der Waals surface area contributed by atoms with Crippen LogP contribution in [0.3, 0.4) is 0 Å². The van der Waals surface area contributed by atoms with Gasteiger partial charge in [0.15, 0.2) is 11.4 Å². The molecule has 0 aromatic carbocycles. The van der Waals surface area contributed by atoms with E-state index in [0.29, 0.717) is 5.69 Å². The first kappa shape index (κ1) is 91.1. The number of nitrogens with one attached hydrogen (secondary N) is 1. The monoisotopic (exact) mass is 1450 g/mol. The van der Waals surface area contributed by atoms with Gasteiger partial charge in [-0.05, 0) is 222 Å². The van der Waals surface area contributed by atoms with E-state index in [4.69, 9.17) is 9.63 Å². The molecule has 0 unspecified atom stereocenters. The molecule has 103 heavy (non-hydrogen) atoms. The van der Waals surface area contributed by atoms with Gasteiger partial charge in [0, 0.05) is 146 Å². The molecular weight excluding hydrogens is 1330 g/mol. The Morgan fingerprint density at radius 3 is 1.07 bits per heavy atom. The van der Waals surface area contributed by atoms with Gasteiger partial charge in [-0.1, -0.05) is 5.16 Å². The summed E-state index contributed by atoms with van der Waals surface area (Å²) in [6.07, 6.45) is 3.78. The van der Waals surface area contributed by atoms with Crippen LogP contribution >= 0.6 is 0 Å². The van der Waals surface area contributed by atoms with E-state index in [1.807, 2.05) is 195 Å². The van der Waals surface area contributed by atoms with Crippen LogP contribution in [-0.2, 0) is 88.9 Å². The number of aromatic nitrogens is 23. The maximum atomic E-state index is 12.0. The first-order chi connectivity index (χ1) is 47.6. The Balaban J connectivity index is 0.000000563. The highest BCUT2D eigenvalue weighted by Crippen LogP contribution is 2.30. The Bertz CT molecular complexity index is 3990. The SMILES string of the molecule is CCn1nccc1C.Cc1cc(C(F)(F)F)nn1C.Cc1cc(C)n(C)n1.Cc1ccnn1C.Cc1cn(C)nc1C.Cc1cn(C)nc1C(F)(F)F.Cc1cnn(C)c1C.Cc1cnn(C)c1C.Cc1cnn(C)c1CO.Cc1n[nH]c(C)c1C.Cc1nn(C)c(C)c1C.Cc1noc(C)c1C. The lowest BCUT2D eigenvalue weighted by Crippen LogP contribution is -2.08. The number of rotatable bonds is 2. The molecule has 0 radical (unpaired) electrons. The van der Waals surface area contributed by atoms with Crippen LogP contribution in [0.5, 0.6) is 0 Å². The normalized spacial score (nSPS) is 10.4. The number of hydrogen-bond acceptors (Lipinski definition) is 14. The van der Waals surface area contributed by atoms with Gasteiger partial charge >= 0.3 is 12.4 Å². The molecule has 0 aliphatic heterocycles. The maximum Gasteiger partial charge on any atom is 0.435 e. The lowest BCUT2D eigenvalue weighted by atomic mass is 10.2. The van der Waals surface area contributed by atoms with Gasteiger partial charge in [-0.15, -0.1) is 0 Å². The van der Waals surface area contributed by atoms with Gasteiger partial charge in [0.25, 0.3) is 0 Å². The molecule has 570 valence electrons. The van der Waals surface area contributed by atoms with Crippen LogP contribution in [0.4, 0.5) is 26.3 Å². The lowest BCUT2D eigenvalue weighted by Gasteiger charge is -2.01. The molecule has 0 spiro atoms. The zero-order valence-electron chi connectivity index (χ0n) is 66.7. The molecule has 12 aromatic heterocycles. The van der Waals surface area contributed by atoms with Gasteiger partial charge < -0.3 is 9.63 Å². The third-order valence-electron chi connectivity index (χ3n) is 16.6. The molecule has 0 aliphatic rings. The average Bonchev–Trinajstić information content (AvgIpc) is 1.72. The quantitative estimate of drug-likeness (QED) is 0.153. The number of aliphatic hydroxyl groups excluding tert-OH is 1. The minimum absolute atomic E-state index is 0.0718. The van der Waals surface area contributed by atoms with E-state index in [0.717, 1.165) is 68.3 Å². The van der Waals surface area contributed by atoms with E-state index in [1.165, 1.54) is 99.6 Å². The van der Waals surface area contributed by atoms with E-state index in [9.17, 15) is 26.3 Å². The first-order valence-electron chi connectivity index (χ1n) is 33.0. The molecule has 0 atom stereocenters. The molecule has 0 saturated carbocycles. The first-order valence-corrected chi connectivity index (χ1v) is 33.0. The van der Waals surface area contributed by atoms with Gasteiger partial charge in [0.05, 0.1) is 59.4 Å². The van der Waals surface area contributed by atoms with Crippen molar-refractivity contribution in [3.8, 4) is 0 Å². The van der Waals surface area contributed by atoms with Crippen LogP contribution in [0.1, 0.15) is 148 Å². The minimum Gasteiger partial charge on any atom is -0.390 e. The van der Waals surface area contributed by atoms with Gasteiger partial charge in [0.1, 0.15) is 5.76 Å². The summed E-state index contributed by atoms with van der Waals surface area (Å²) in [4.78, 5) is 0. The van der Waals surface area contributed by atoms with E-state index in [-0.39, 0.29) is 12.2 Å². The highest BCUT2D eigenvalue weighted by atomic mass is 19.4. The Morgan fingerprint density at radius 1 is 0.427 bits per heavy atom. The van der Waals surface area contributed by atoms with E-state index >= 15 is 0 Å². The van der Waals surface area contributed by atoms with E-state index in [2.05, 4.69) is 142 Å². The smallest absolute Gasteiger partial charge is 0.390 e. The van der Waals surface area contributed by atoms with Gasteiger partial charge in [0.2, 0.25) is 0 Å². The molecule has 2 N–H and O–H groups in total. The molecular formula is C72H113F6N23O2. The highest BCUT2D eigenvalue weighted by molar-refractivity contribution is 5.23. The lowest BCUT2D eigenvalue weighted by molar-refractivity contribution is -0.142. The number of hydrogen-bond donors (Lipinski definition) is 2. The van der Waals surface area contributed by atoms with Crippen LogP contribution in [0.2, 0.25) is 0 Å². The van der Waals surface area contributed by atoms with Gasteiger partial charge in [-0.3, -0.25) is 51.9 Å². The summed E-state index contributed by atoms with van der Waals surface area (Å²) in [5, 5.41) is 58.4. The second-order valence-electron chi connectivity index (χ2n) is 24.7. The number of aryl methyl sites for hydroxylation is 26. The number of halogens is 6. The number of aliphatic hydroxyl groups is 1. The maximum absolute atomic E-state index is 12.0. The van der Waals surface area contributed by atoms with Crippen molar-refractivity contribution in [2.24, 2.45) is 63.4 Å². The van der Waals surface area contributed by atoms with Crippen molar-refractivity contribution in [3.05, 3.63) is 209 Å². The predicted molar refractivity (Wildman–Crippen MR) is 392 cm³/mol. The molecule has 0 aliphatic carbocycles. The third-order valence-corrected chi connectivity index (χ3v) is 16.6. The Hall–Kier alpha value is -9.94. The molecule has 12 heterocycles. The molecule has 25 nitrogen and oxygen atoms in total. The van der Waals surface area contributed by atoms with Crippen molar-refractivity contribution >= 4 is 0 Å². The fourth-order valence-corrected chi connectivity index (χ4v) is 8.25. The van der Waals surface area contributed by atoms with Crippen LogP contribution in [0.25, 0.3) is 0 Å². The van der Waals surface area contributed by atoms with Crippen molar-refractivity contribution in [1.29, 1.82) is 0 Å². The number of alkyl halides is 6. The van der Waals surface area contributed by atoms with Gasteiger partial charge in [-0.2, -0.15) is 82.4 Å². The Kier molecular flexibility index (Phi) is 37.6. The Labute approximate surface area is 603 Å². The van der Waals surface area contributed by atoms with E-state index in [1.54, 1.807) is 24.0 Å². The summed E-state index contributed by atoms with van der Waals surface area (Å²) >= 11 is 0. The second kappa shape index (κ2) is 42.5. The van der Waals surface area contributed by atoms with Crippen molar-refractivity contribution in [1.82, 2.24) is 113 Å². The minimum atomic E-state index is -4.33. The summed E-state index contributed by atoms with van der Waals surface area (Å²) in [5.74, 6) is 0.919. The van der Waals surface area contributed by atoms with Crippen molar-refractivity contribution in [3.63, 3.8) is 0 Å². The summed E-state index contributed by atoms with van der Waals surface area (Å²) in [7, 11) is 16.4. The van der Waals surface area contributed by atoms with Gasteiger partial charge in [-0.25, -0.2) is 0 Å². The molecule has 31 heteroatoms. The summed E-state index contributed by atoms with van der Waals surface area (Å²) < 4.78 is 93.7. The van der Waals surface area contributed by atoms with Crippen LogP contribution in [-0.4, -0.2) is 118 Å². The fourth-order valence-electron chi connectivity index (χ4n) is 8.25. The van der Waals surface area contributed by atoms with Crippen molar-refractivity contribution in [2.75, 3.05) is 0 Å². The highest BCUT2D eigenvalue weighted by Gasteiger charge is 2.36. The van der Waals surface area contributed by atoms with Crippen LogP contribution in [0.15, 0.2) is 72.2 Å². The predicted octanol–water partition coefficient (Wildman–Crippen LogP) is 14.1. The largest absolute Gasteiger partial charge is 0.435 e. The zero-order chi connectivity index (χ0) is 79.3. The molecule has 0 bridgehead atoms. The fraction of sp³-hybridized carbons (Fsp3) is 0.500. The summed E-state index contributed by atoms with van der Waals surface area (Å²) in [6, 6.07) is 7.05. The summed E-state index contributed by atoms with van der Waals surface area (Å²) in [5.41, 5.74) is 22.4. The Morgan fingerprint density at radius 2 is 0.922 bits per heavy atom. The summed E-state index contributed by atoms with van der Waals surface area (Å²) in [6.45, 7) is 46.6. The molecule has 0 fully saturated rings. The average molecular weight is 1450 g/mol. The topological polar surface area (TPSA) is 253 Å². The molecule has 0 saturated heterocycles. The number of H-pyrrole nitrogens is 1. The van der Waals surface area contributed by atoms with E-state index < -0.39 is 23.7 Å². The van der Waals surface area contributed by atoms with Crippen LogP contribution < -0.4 is 0 Å². The standard InChI is InChI=1S/C7H12N2.2C6H7F3N2.C6H10N2O.6C6H10N2.C6H9NO.C5H8N2/c1-5-6(2)8-9(4)7(5)3;1-4-3-11(2)10-5(4)6(7,8)9;1-4-3-5(6(7,8)9)10-11(4)2;1-5-3-7-8(2)6(5)4-9;1-5-4-8(3)7-6(5)2;2*1-5-4-7-8(3)6(5)2;1-5-4-6(2)8(3)7-5;1-4-5(2)7-8-6(4)3;1-3-8-6(2)4-5-7-8;1-4-5(2)7-8-6(4)3;1-5-3-4-6-7(5)2/h1-4H3;2*3H,1-2H3;3,9H,4H2,1-2H3;4*4H,1-3H3;1-3H3,(H,7,8);4-5H,3H2,1-2H3;1-3H3;3-4H,1-2H3. The number of nitrogens with zero attached hydrogens (tertiary/aromatic N) is 22.